The SMILES string of the molecule is CCC(C)C(C)NCC(=O)Nc1ccc2c(c1)OCCO2. The quantitative estimate of drug-likeness (QED) is 0.845. The van der Waals surface area contributed by atoms with Gasteiger partial charge in [-0.05, 0) is 25.0 Å². The number of ether oxygens (including phenoxy) is 2. The molecule has 0 fully saturated rings. The molecule has 1 aromatic carbocycles. The number of nitrogens with one attached hydrogen (secondary N) is 2. The van der Waals surface area contributed by atoms with E-state index in [1.807, 2.05) is 12.1 Å². The predicted molar refractivity (Wildman–Crippen MR) is 83.0 cm³/mol. The first-order valence-electron chi connectivity index (χ1n) is 7.53. The first-order chi connectivity index (χ1) is 10.1. The Morgan fingerprint density at radius 2 is 1.95 bits per heavy atom. The Morgan fingerprint density at radius 3 is 2.67 bits per heavy atom. The fourth-order valence-corrected chi connectivity index (χ4v) is 2.13. The Hall–Kier alpha value is -1.75. The van der Waals surface area contributed by atoms with Crippen LogP contribution in [0.4, 0.5) is 5.69 Å². The van der Waals surface area contributed by atoms with Crippen molar-refractivity contribution >= 4 is 11.6 Å². The maximum absolute atomic E-state index is 12.0. The number of carbonyl (C=O) groups is 1. The number of hydrogen-bond acceptors (Lipinski definition) is 4. The highest BCUT2D eigenvalue weighted by Crippen LogP contribution is 2.32. The largest absolute Gasteiger partial charge is 0.486 e. The van der Waals surface area contributed by atoms with E-state index in [2.05, 4.69) is 31.4 Å². The van der Waals surface area contributed by atoms with Crippen molar-refractivity contribution in [2.24, 2.45) is 5.92 Å². The lowest BCUT2D eigenvalue weighted by Gasteiger charge is -2.20. The van der Waals surface area contributed by atoms with Crippen LogP contribution in [0.25, 0.3) is 0 Å². The minimum Gasteiger partial charge on any atom is -0.486 e. The fraction of sp³-hybridized carbons (Fsp3) is 0.562. The van der Waals surface area contributed by atoms with Crippen LogP contribution in [-0.2, 0) is 4.79 Å². The summed E-state index contributed by atoms with van der Waals surface area (Å²) >= 11 is 0. The van der Waals surface area contributed by atoms with E-state index < -0.39 is 0 Å². The van der Waals surface area contributed by atoms with E-state index in [1.54, 1.807) is 6.07 Å². The van der Waals surface area contributed by atoms with Gasteiger partial charge in [-0.3, -0.25) is 4.79 Å². The summed E-state index contributed by atoms with van der Waals surface area (Å²) in [7, 11) is 0. The zero-order valence-electron chi connectivity index (χ0n) is 12.9. The van der Waals surface area contributed by atoms with Gasteiger partial charge in [0.1, 0.15) is 13.2 Å². The molecule has 116 valence electrons. The van der Waals surface area contributed by atoms with E-state index in [-0.39, 0.29) is 5.91 Å². The number of hydrogen-bond donors (Lipinski definition) is 2. The lowest BCUT2D eigenvalue weighted by atomic mass is 10.0. The second-order valence-corrected chi connectivity index (χ2v) is 5.46. The molecule has 1 aromatic rings. The van der Waals surface area contributed by atoms with Crippen LogP contribution in [0, 0.1) is 5.92 Å². The van der Waals surface area contributed by atoms with Crippen LogP contribution in [0.15, 0.2) is 18.2 Å². The molecule has 21 heavy (non-hydrogen) atoms. The third kappa shape index (κ3) is 4.36. The van der Waals surface area contributed by atoms with Crippen molar-refractivity contribution in [1.29, 1.82) is 0 Å². The molecular formula is C16H24N2O3. The van der Waals surface area contributed by atoms with Gasteiger partial charge in [-0.15, -0.1) is 0 Å². The van der Waals surface area contributed by atoms with E-state index in [0.29, 0.717) is 37.5 Å². The van der Waals surface area contributed by atoms with Crippen molar-refractivity contribution in [3.05, 3.63) is 18.2 Å². The Labute approximate surface area is 126 Å². The van der Waals surface area contributed by atoms with E-state index in [0.717, 1.165) is 17.9 Å². The van der Waals surface area contributed by atoms with Crippen molar-refractivity contribution < 1.29 is 14.3 Å². The predicted octanol–water partition coefficient (Wildman–Crippen LogP) is 2.42. The third-order valence-electron chi connectivity index (χ3n) is 3.91. The molecule has 0 saturated carbocycles. The monoisotopic (exact) mass is 292 g/mol. The van der Waals surface area contributed by atoms with Crippen LogP contribution in [0.5, 0.6) is 11.5 Å². The molecule has 5 heteroatoms. The Bertz CT molecular complexity index is 490. The van der Waals surface area contributed by atoms with Crippen LogP contribution in [-0.4, -0.2) is 31.7 Å². The minimum absolute atomic E-state index is 0.0539. The molecule has 0 aromatic heterocycles. The average molecular weight is 292 g/mol. The summed E-state index contributed by atoms with van der Waals surface area (Å²) in [6.45, 7) is 7.84. The molecule has 2 N–H and O–H groups in total. The van der Waals surface area contributed by atoms with Crippen molar-refractivity contribution in [1.82, 2.24) is 5.32 Å². The summed E-state index contributed by atoms with van der Waals surface area (Å²) in [5.74, 6) is 1.90. The van der Waals surface area contributed by atoms with Crippen LogP contribution >= 0.6 is 0 Å². The Kier molecular flexibility index (Phi) is 5.44. The lowest BCUT2D eigenvalue weighted by molar-refractivity contribution is -0.115. The van der Waals surface area contributed by atoms with Crippen LogP contribution < -0.4 is 20.1 Å². The zero-order valence-corrected chi connectivity index (χ0v) is 12.9. The average Bonchev–Trinajstić information content (AvgIpc) is 2.51. The maximum atomic E-state index is 12.0. The summed E-state index contributed by atoms with van der Waals surface area (Å²) in [4.78, 5) is 12.0. The molecule has 0 radical (unpaired) electrons. The van der Waals surface area contributed by atoms with Gasteiger partial charge in [-0.2, -0.15) is 0 Å². The third-order valence-corrected chi connectivity index (χ3v) is 3.91. The Morgan fingerprint density at radius 1 is 1.24 bits per heavy atom. The van der Waals surface area contributed by atoms with Crippen molar-refractivity contribution in [2.75, 3.05) is 25.1 Å². The second kappa shape index (κ2) is 7.31. The van der Waals surface area contributed by atoms with E-state index >= 15 is 0 Å². The number of fused-ring (bicyclic) bond motifs is 1. The first kappa shape index (κ1) is 15.6. The van der Waals surface area contributed by atoms with Crippen molar-refractivity contribution in [3.8, 4) is 11.5 Å². The van der Waals surface area contributed by atoms with Crippen LogP contribution in [0.1, 0.15) is 27.2 Å². The van der Waals surface area contributed by atoms with Crippen molar-refractivity contribution in [2.45, 2.75) is 33.2 Å². The summed E-state index contributed by atoms with van der Waals surface area (Å²) in [5, 5.41) is 6.12. The lowest BCUT2D eigenvalue weighted by Crippen LogP contribution is -2.37. The molecule has 2 rings (SSSR count). The molecule has 0 spiro atoms. The van der Waals surface area contributed by atoms with Gasteiger partial charge in [0.2, 0.25) is 5.91 Å². The molecule has 1 aliphatic heterocycles. The molecule has 1 aliphatic rings. The highest BCUT2D eigenvalue weighted by Gasteiger charge is 2.14. The number of carbonyl (C=O) groups excluding carboxylic acids is 1. The van der Waals surface area contributed by atoms with E-state index in [4.69, 9.17) is 9.47 Å². The second-order valence-electron chi connectivity index (χ2n) is 5.46. The van der Waals surface area contributed by atoms with Gasteiger partial charge in [0.05, 0.1) is 6.54 Å². The van der Waals surface area contributed by atoms with Gasteiger partial charge in [0.15, 0.2) is 11.5 Å². The van der Waals surface area contributed by atoms with E-state index in [1.165, 1.54) is 0 Å². The molecule has 0 bridgehead atoms. The number of anilines is 1. The molecule has 0 saturated heterocycles. The number of rotatable bonds is 6. The molecule has 5 nitrogen and oxygen atoms in total. The molecule has 1 heterocycles. The fourth-order valence-electron chi connectivity index (χ4n) is 2.13. The van der Waals surface area contributed by atoms with Gasteiger partial charge < -0.3 is 20.1 Å². The van der Waals surface area contributed by atoms with Crippen LogP contribution in [0.2, 0.25) is 0 Å². The summed E-state index contributed by atoms with van der Waals surface area (Å²) in [5.41, 5.74) is 0.724. The smallest absolute Gasteiger partial charge is 0.238 e. The molecule has 2 unspecified atom stereocenters. The maximum Gasteiger partial charge on any atom is 0.238 e. The van der Waals surface area contributed by atoms with E-state index in [9.17, 15) is 4.79 Å². The Balaban J connectivity index is 1.85. The molecular weight excluding hydrogens is 268 g/mol. The van der Waals surface area contributed by atoms with Crippen LogP contribution in [0.3, 0.4) is 0 Å². The molecule has 2 atom stereocenters. The first-order valence-corrected chi connectivity index (χ1v) is 7.53. The molecule has 1 amide bonds. The van der Waals surface area contributed by atoms with Gasteiger partial charge >= 0.3 is 0 Å². The van der Waals surface area contributed by atoms with Gasteiger partial charge in [0.25, 0.3) is 0 Å². The highest BCUT2D eigenvalue weighted by molar-refractivity contribution is 5.92. The highest BCUT2D eigenvalue weighted by atomic mass is 16.6. The van der Waals surface area contributed by atoms with Crippen molar-refractivity contribution in [3.63, 3.8) is 0 Å². The normalized spacial score (nSPS) is 16.1. The number of benzene rings is 1. The topological polar surface area (TPSA) is 59.6 Å². The summed E-state index contributed by atoms with van der Waals surface area (Å²) in [6, 6.07) is 5.76. The zero-order chi connectivity index (χ0) is 15.2. The number of amides is 1. The summed E-state index contributed by atoms with van der Waals surface area (Å²) < 4.78 is 10.9. The van der Waals surface area contributed by atoms with Gasteiger partial charge in [0, 0.05) is 17.8 Å². The van der Waals surface area contributed by atoms with Gasteiger partial charge in [-0.1, -0.05) is 20.3 Å². The standard InChI is InChI=1S/C16H24N2O3/c1-4-11(2)12(3)17-10-16(19)18-13-5-6-14-15(9-13)21-8-7-20-14/h5-6,9,11-12,17H,4,7-8,10H2,1-3H3,(H,18,19). The van der Waals surface area contributed by atoms with Gasteiger partial charge in [-0.25, -0.2) is 0 Å². The minimum atomic E-state index is -0.0539. The summed E-state index contributed by atoms with van der Waals surface area (Å²) in [6.07, 6.45) is 1.10. The molecule has 0 aliphatic carbocycles.